The minimum absolute atomic E-state index is 0.0242. The van der Waals surface area contributed by atoms with E-state index in [4.69, 9.17) is 14.6 Å². The van der Waals surface area contributed by atoms with Crippen LogP contribution in [0.5, 0.6) is 0 Å². The lowest BCUT2D eigenvalue weighted by Gasteiger charge is -2.14. The molecule has 0 aromatic carbocycles. The maximum Gasteiger partial charge on any atom is 0.356 e. The molecule has 0 radical (unpaired) electrons. The van der Waals surface area contributed by atoms with E-state index in [1.165, 1.54) is 19.7 Å². The molecule has 108 valence electrons. The molecular weight excluding hydrogens is 296 g/mol. The van der Waals surface area contributed by atoms with Gasteiger partial charge in [-0.15, -0.1) is 11.3 Å². The van der Waals surface area contributed by atoms with Gasteiger partial charge < -0.3 is 14.6 Å². The maximum atomic E-state index is 11.9. The van der Waals surface area contributed by atoms with Crippen LogP contribution >= 0.6 is 11.3 Å². The van der Waals surface area contributed by atoms with Crippen LogP contribution in [0.1, 0.15) is 10.5 Å². The van der Waals surface area contributed by atoms with Crippen LogP contribution in [0.4, 0.5) is 0 Å². The van der Waals surface area contributed by atoms with E-state index in [0.29, 0.717) is 0 Å². The van der Waals surface area contributed by atoms with Gasteiger partial charge in [0.15, 0.2) is 9.90 Å². The number of carboxylic acid groups (broad SMARTS) is 1. The van der Waals surface area contributed by atoms with Gasteiger partial charge in [-0.25, -0.2) is 22.9 Å². The molecule has 1 aromatic rings. The number of carboxylic acids is 1. The Hall–Kier alpha value is -1.07. The van der Waals surface area contributed by atoms with Crippen molar-refractivity contribution in [3.8, 4) is 0 Å². The van der Waals surface area contributed by atoms with Crippen LogP contribution in [0.2, 0.25) is 0 Å². The number of rotatable bonds is 8. The number of thiazole rings is 1. The van der Waals surface area contributed by atoms with E-state index in [1.807, 2.05) is 0 Å². The molecule has 2 N–H and O–H groups in total. The quantitative estimate of drug-likeness (QED) is 0.682. The SMILES string of the molecule is COCC(CNS(=O)(=O)c1scnc1C(=O)O)OC. The zero-order valence-electron chi connectivity index (χ0n) is 10.3. The van der Waals surface area contributed by atoms with Crippen LogP contribution in [-0.4, -0.2) is 58.0 Å². The molecule has 8 nitrogen and oxygen atoms in total. The van der Waals surface area contributed by atoms with Gasteiger partial charge in [-0.3, -0.25) is 0 Å². The molecule has 1 unspecified atom stereocenters. The number of methoxy groups -OCH3 is 2. The Labute approximate surface area is 114 Å². The zero-order valence-corrected chi connectivity index (χ0v) is 12.0. The lowest BCUT2D eigenvalue weighted by molar-refractivity contribution is 0.0320. The van der Waals surface area contributed by atoms with E-state index in [1.54, 1.807) is 0 Å². The molecule has 19 heavy (non-hydrogen) atoms. The second-order valence-electron chi connectivity index (χ2n) is 3.46. The second-order valence-corrected chi connectivity index (χ2v) is 6.28. The summed E-state index contributed by atoms with van der Waals surface area (Å²) in [6.07, 6.45) is -0.457. The van der Waals surface area contributed by atoms with Crippen LogP contribution in [0, 0.1) is 0 Å². The first-order valence-corrected chi connectivity index (χ1v) is 7.46. The fourth-order valence-corrected chi connectivity index (χ4v) is 3.48. The molecule has 0 bridgehead atoms. The first kappa shape index (κ1) is 16.0. The Morgan fingerprint density at radius 3 is 2.79 bits per heavy atom. The van der Waals surface area contributed by atoms with Crippen molar-refractivity contribution in [1.29, 1.82) is 0 Å². The molecule has 0 aliphatic heterocycles. The van der Waals surface area contributed by atoms with Crippen LogP contribution in [0.3, 0.4) is 0 Å². The summed E-state index contributed by atoms with van der Waals surface area (Å²) in [4.78, 5) is 14.3. The minimum atomic E-state index is -3.93. The highest BCUT2D eigenvalue weighted by atomic mass is 32.2. The third kappa shape index (κ3) is 4.21. The highest BCUT2D eigenvalue weighted by molar-refractivity contribution is 7.91. The van der Waals surface area contributed by atoms with Gasteiger partial charge in [0.25, 0.3) is 10.0 Å². The van der Waals surface area contributed by atoms with Crippen LogP contribution in [0.25, 0.3) is 0 Å². The van der Waals surface area contributed by atoms with Gasteiger partial charge in [-0.2, -0.15) is 0 Å². The Kier molecular flexibility index (Phi) is 5.82. The van der Waals surface area contributed by atoms with Gasteiger partial charge >= 0.3 is 5.97 Å². The van der Waals surface area contributed by atoms with Gasteiger partial charge in [0.1, 0.15) is 0 Å². The Morgan fingerprint density at radius 1 is 1.58 bits per heavy atom. The summed E-state index contributed by atoms with van der Waals surface area (Å²) in [5.41, 5.74) is 0.680. The maximum absolute atomic E-state index is 11.9. The van der Waals surface area contributed by atoms with Crippen molar-refractivity contribution in [3.63, 3.8) is 0 Å². The van der Waals surface area contributed by atoms with Crippen molar-refractivity contribution < 1.29 is 27.8 Å². The van der Waals surface area contributed by atoms with E-state index >= 15 is 0 Å². The van der Waals surface area contributed by atoms with E-state index in [2.05, 4.69) is 9.71 Å². The summed E-state index contributed by atoms with van der Waals surface area (Å²) in [5.74, 6) is -1.39. The number of nitrogens with one attached hydrogen (secondary N) is 1. The molecular formula is C9H14N2O6S2. The number of aromatic carboxylic acids is 1. The molecule has 0 aliphatic carbocycles. The van der Waals surface area contributed by atoms with Gasteiger partial charge in [0, 0.05) is 20.8 Å². The highest BCUT2D eigenvalue weighted by Crippen LogP contribution is 2.19. The minimum Gasteiger partial charge on any atom is -0.476 e. The number of sulfonamides is 1. The average Bonchev–Trinajstić information content (AvgIpc) is 2.84. The van der Waals surface area contributed by atoms with Crippen molar-refractivity contribution in [3.05, 3.63) is 11.2 Å². The molecule has 0 amide bonds. The molecule has 0 saturated heterocycles. The summed E-state index contributed by atoms with van der Waals surface area (Å²) in [7, 11) is -1.04. The molecule has 0 fully saturated rings. The van der Waals surface area contributed by atoms with Crippen LogP contribution < -0.4 is 4.72 Å². The largest absolute Gasteiger partial charge is 0.476 e. The number of aromatic nitrogens is 1. The van der Waals surface area contributed by atoms with Crippen LogP contribution in [0.15, 0.2) is 9.72 Å². The standard InChI is InChI=1S/C9H14N2O6S2/c1-16-4-6(17-2)3-11-19(14,15)9-7(8(12)13)10-5-18-9/h5-6,11H,3-4H2,1-2H3,(H,12,13). The zero-order chi connectivity index (χ0) is 14.5. The first-order valence-electron chi connectivity index (χ1n) is 5.10. The smallest absolute Gasteiger partial charge is 0.356 e. The molecule has 1 rings (SSSR count). The van der Waals surface area contributed by atoms with Gasteiger partial charge in [0.05, 0.1) is 18.2 Å². The average molecular weight is 310 g/mol. The van der Waals surface area contributed by atoms with Crippen molar-refractivity contribution >= 4 is 27.3 Å². The number of carbonyl (C=O) groups is 1. The molecule has 1 aromatic heterocycles. The number of ether oxygens (including phenoxy) is 2. The van der Waals surface area contributed by atoms with Crippen molar-refractivity contribution in [2.45, 2.75) is 10.3 Å². The lowest BCUT2D eigenvalue weighted by atomic mass is 10.4. The summed E-state index contributed by atoms with van der Waals surface area (Å²) in [6, 6.07) is 0. The normalized spacial score (nSPS) is 13.4. The number of hydrogen-bond donors (Lipinski definition) is 2. The predicted octanol–water partition coefficient (Wildman–Crippen LogP) is -0.219. The summed E-state index contributed by atoms with van der Waals surface area (Å²) >= 11 is 0.743. The Balaban J connectivity index is 2.81. The van der Waals surface area contributed by atoms with Gasteiger partial charge in [0.2, 0.25) is 0 Å². The third-order valence-corrected chi connectivity index (χ3v) is 4.96. The predicted molar refractivity (Wildman–Crippen MR) is 66.9 cm³/mol. The van der Waals surface area contributed by atoms with Crippen molar-refractivity contribution in [1.82, 2.24) is 9.71 Å². The fraction of sp³-hybridized carbons (Fsp3) is 0.556. The second kappa shape index (κ2) is 6.91. The highest BCUT2D eigenvalue weighted by Gasteiger charge is 2.26. The van der Waals surface area contributed by atoms with E-state index < -0.39 is 27.8 Å². The molecule has 0 saturated carbocycles. The third-order valence-electron chi connectivity index (χ3n) is 2.17. The fourth-order valence-electron chi connectivity index (χ4n) is 1.23. The Morgan fingerprint density at radius 2 is 2.26 bits per heavy atom. The molecule has 10 heteroatoms. The van der Waals surface area contributed by atoms with Gasteiger partial charge in [-0.05, 0) is 0 Å². The molecule has 0 aliphatic rings. The van der Waals surface area contributed by atoms with E-state index in [0.717, 1.165) is 11.3 Å². The van der Waals surface area contributed by atoms with Crippen molar-refractivity contribution in [2.75, 3.05) is 27.4 Å². The summed E-state index contributed by atoms with van der Waals surface area (Å²) in [5, 5.41) is 8.83. The summed E-state index contributed by atoms with van der Waals surface area (Å²) in [6.45, 7) is 0.192. The van der Waals surface area contributed by atoms with Crippen molar-refractivity contribution in [2.24, 2.45) is 0 Å². The lowest BCUT2D eigenvalue weighted by Crippen LogP contribution is -2.35. The van der Waals surface area contributed by atoms with Gasteiger partial charge in [-0.1, -0.05) is 0 Å². The molecule has 1 atom stereocenters. The molecule has 0 spiro atoms. The Bertz CT molecular complexity index is 527. The topological polar surface area (TPSA) is 115 Å². The van der Waals surface area contributed by atoms with E-state index in [9.17, 15) is 13.2 Å². The number of nitrogens with zero attached hydrogens (tertiary/aromatic N) is 1. The monoisotopic (exact) mass is 310 g/mol. The van der Waals surface area contributed by atoms with Crippen LogP contribution in [-0.2, 0) is 19.5 Å². The van der Waals surface area contributed by atoms with E-state index in [-0.39, 0.29) is 17.4 Å². The summed E-state index contributed by atoms with van der Waals surface area (Å²) < 4.78 is 35.7. The first-order chi connectivity index (χ1) is 8.92. The number of hydrogen-bond acceptors (Lipinski definition) is 7. The molecule has 1 heterocycles.